The van der Waals surface area contributed by atoms with Gasteiger partial charge >= 0.3 is 0 Å². The molecule has 1 fully saturated rings. The van der Waals surface area contributed by atoms with Crippen LogP contribution in [0.5, 0.6) is 11.5 Å². The van der Waals surface area contributed by atoms with Crippen molar-refractivity contribution < 1.29 is 22.7 Å². The van der Waals surface area contributed by atoms with Crippen molar-refractivity contribution in [3.05, 3.63) is 28.8 Å². The quantitative estimate of drug-likeness (QED) is 0.619. The van der Waals surface area contributed by atoms with Gasteiger partial charge in [-0.15, -0.1) is 11.3 Å². The number of carbonyl (C=O) groups excluding carboxylic acids is 1. The summed E-state index contributed by atoms with van der Waals surface area (Å²) in [7, 11) is -3.66. The summed E-state index contributed by atoms with van der Waals surface area (Å²) in [5.74, 6) is 1.00. The topological polar surface area (TPSA) is 89.0 Å². The second kappa shape index (κ2) is 8.74. The van der Waals surface area contributed by atoms with Crippen LogP contribution in [0.3, 0.4) is 0 Å². The van der Waals surface area contributed by atoms with Crippen LogP contribution in [0.15, 0.2) is 27.4 Å². The Morgan fingerprint density at radius 3 is 2.53 bits per heavy atom. The SMILES string of the molecule is CSc1nc(C)c(CC(=O)N2CCN(S(=O)(=O)c3ccc4c(c3)OCCO4)CC2)s1. The minimum atomic E-state index is -3.66. The fraction of sp³-hybridized carbons (Fsp3) is 0.474. The van der Waals surface area contributed by atoms with E-state index in [4.69, 9.17) is 9.47 Å². The summed E-state index contributed by atoms with van der Waals surface area (Å²) in [4.78, 5) is 20.0. The zero-order chi connectivity index (χ0) is 21.3. The van der Waals surface area contributed by atoms with Crippen molar-refractivity contribution in [2.45, 2.75) is 22.6 Å². The molecule has 0 atom stereocenters. The van der Waals surface area contributed by atoms with E-state index in [9.17, 15) is 13.2 Å². The van der Waals surface area contributed by atoms with Gasteiger partial charge in [0.1, 0.15) is 17.6 Å². The highest BCUT2D eigenvalue weighted by atomic mass is 32.2. The molecule has 2 aliphatic rings. The lowest BCUT2D eigenvalue weighted by molar-refractivity contribution is -0.131. The first-order valence-electron chi connectivity index (χ1n) is 9.56. The van der Waals surface area contributed by atoms with Crippen LogP contribution >= 0.6 is 23.1 Å². The van der Waals surface area contributed by atoms with Crippen molar-refractivity contribution in [1.82, 2.24) is 14.2 Å². The van der Waals surface area contributed by atoms with Crippen LogP contribution in [0.4, 0.5) is 0 Å². The van der Waals surface area contributed by atoms with Gasteiger partial charge in [0.2, 0.25) is 15.9 Å². The first kappa shape index (κ1) is 21.4. The number of thiazole rings is 1. The van der Waals surface area contributed by atoms with Crippen LogP contribution in [0.2, 0.25) is 0 Å². The third-order valence-corrected chi connectivity index (χ3v) is 9.14. The Kier molecular flexibility index (Phi) is 6.24. The molecule has 3 heterocycles. The normalized spacial score (nSPS) is 17.2. The molecule has 162 valence electrons. The first-order valence-corrected chi connectivity index (χ1v) is 13.0. The summed E-state index contributed by atoms with van der Waals surface area (Å²) in [6.45, 7) is 4.03. The molecule has 8 nitrogen and oxygen atoms in total. The maximum Gasteiger partial charge on any atom is 0.243 e. The van der Waals surface area contributed by atoms with E-state index in [0.717, 1.165) is 14.9 Å². The summed E-state index contributed by atoms with van der Waals surface area (Å²) in [5.41, 5.74) is 0.887. The molecule has 1 aromatic heterocycles. The van der Waals surface area contributed by atoms with Gasteiger partial charge < -0.3 is 14.4 Å². The highest BCUT2D eigenvalue weighted by Gasteiger charge is 2.31. The number of nitrogens with zero attached hydrogens (tertiary/aromatic N) is 3. The monoisotopic (exact) mass is 469 g/mol. The smallest absolute Gasteiger partial charge is 0.243 e. The number of fused-ring (bicyclic) bond motifs is 1. The van der Waals surface area contributed by atoms with Crippen molar-refractivity contribution in [3.63, 3.8) is 0 Å². The number of thioether (sulfide) groups is 1. The predicted octanol–water partition coefficient (Wildman–Crippen LogP) is 2.02. The molecule has 4 rings (SSSR count). The molecule has 0 unspecified atom stereocenters. The molecular formula is C19H23N3O5S3. The number of benzene rings is 1. The minimum Gasteiger partial charge on any atom is -0.486 e. The molecule has 2 aliphatic heterocycles. The summed E-state index contributed by atoms with van der Waals surface area (Å²) in [6, 6.07) is 4.68. The minimum absolute atomic E-state index is 0.00535. The van der Waals surface area contributed by atoms with Gasteiger partial charge in [-0.1, -0.05) is 11.8 Å². The van der Waals surface area contributed by atoms with Crippen molar-refractivity contribution in [1.29, 1.82) is 0 Å². The van der Waals surface area contributed by atoms with Gasteiger partial charge in [0.05, 0.1) is 17.0 Å². The number of aromatic nitrogens is 1. The Balaban J connectivity index is 1.40. The van der Waals surface area contributed by atoms with Crippen molar-refractivity contribution >= 4 is 39.0 Å². The van der Waals surface area contributed by atoms with Crippen LogP contribution in [-0.2, 0) is 21.2 Å². The van der Waals surface area contributed by atoms with Gasteiger partial charge in [0, 0.05) is 37.1 Å². The van der Waals surface area contributed by atoms with Gasteiger partial charge in [0.25, 0.3) is 0 Å². The average Bonchev–Trinajstić information content (AvgIpc) is 3.12. The van der Waals surface area contributed by atoms with E-state index in [1.165, 1.54) is 16.4 Å². The van der Waals surface area contributed by atoms with Gasteiger partial charge in [-0.2, -0.15) is 4.31 Å². The Morgan fingerprint density at radius 1 is 1.17 bits per heavy atom. The second-order valence-corrected chi connectivity index (χ2v) is 11.0. The lowest BCUT2D eigenvalue weighted by Crippen LogP contribution is -2.50. The average molecular weight is 470 g/mol. The van der Waals surface area contributed by atoms with E-state index in [1.807, 2.05) is 13.2 Å². The van der Waals surface area contributed by atoms with Gasteiger partial charge in [-0.05, 0) is 25.3 Å². The molecule has 11 heteroatoms. The lowest BCUT2D eigenvalue weighted by atomic mass is 10.2. The molecule has 0 radical (unpaired) electrons. The fourth-order valence-corrected chi connectivity index (χ4v) is 6.50. The van der Waals surface area contributed by atoms with Crippen molar-refractivity contribution in [2.24, 2.45) is 0 Å². The number of piperazine rings is 1. The Bertz CT molecular complexity index is 1050. The number of hydrogen-bond acceptors (Lipinski definition) is 8. The number of aryl methyl sites for hydroxylation is 1. The summed E-state index contributed by atoms with van der Waals surface area (Å²) >= 11 is 3.11. The predicted molar refractivity (Wildman–Crippen MR) is 115 cm³/mol. The molecule has 0 saturated carbocycles. The highest BCUT2D eigenvalue weighted by molar-refractivity contribution is 8.00. The third kappa shape index (κ3) is 4.29. The van der Waals surface area contributed by atoms with Crippen LogP contribution in [0, 0.1) is 6.92 Å². The van der Waals surface area contributed by atoms with Gasteiger partial charge in [-0.25, -0.2) is 13.4 Å². The van der Waals surface area contributed by atoms with E-state index >= 15 is 0 Å². The van der Waals surface area contributed by atoms with Crippen molar-refractivity contribution in [3.8, 4) is 11.5 Å². The Morgan fingerprint density at radius 2 is 1.87 bits per heavy atom. The molecule has 0 aliphatic carbocycles. The summed E-state index contributed by atoms with van der Waals surface area (Å²) < 4.78 is 39.4. The molecule has 1 aromatic carbocycles. The van der Waals surface area contributed by atoms with Crippen LogP contribution < -0.4 is 9.47 Å². The van der Waals surface area contributed by atoms with Gasteiger partial charge in [0.15, 0.2) is 11.5 Å². The molecule has 0 N–H and O–H groups in total. The first-order chi connectivity index (χ1) is 14.4. The highest BCUT2D eigenvalue weighted by Crippen LogP contribution is 2.33. The molecule has 1 saturated heterocycles. The van der Waals surface area contributed by atoms with E-state index in [2.05, 4.69) is 4.98 Å². The molecule has 0 bridgehead atoms. The van der Waals surface area contributed by atoms with Crippen LogP contribution in [0.1, 0.15) is 10.6 Å². The van der Waals surface area contributed by atoms with E-state index in [-0.39, 0.29) is 23.9 Å². The van der Waals surface area contributed by atoms with Crippen LogP contribution in [0.25, 0.3) is 0 Å². The number of ether oxygens (including phenoxy) is 2. The summed E-state index contributed by atoms with van der Waals surface area (Å²) in [6.07, 6.45) is 2.27. The Hall–Kier alpha value is -1.82. The fourth-order valence-electron chi connectivity index (χ4n) is 3.41. The summed E-state index contributed by atoms with van der Waals surface area (Å²) in [5, 5.41) is 0. The molecule has 2 aromatic rings. The lowest BCUT2D eigenvalue weighted by Gasteiger charge is -2.34. The van der Waals surface area contributed by atoms with Crippen LogP contribution in [-0.4, -0.2) is 74.2 Å². The number of sulfonamides is 1. The number of amides is 1. The maximum atomic E-state index is 13.0. The standard InChI is InChI=1S/C19H23N3O5S3/c1-13-17(29-19(20-13)28-2)12-18(23)21-5-7-22(8-6-21)30(24,25)14-3-4-15-16(11-14)27-10-9-26-15/h3-4,11H,5-10,12H2,1-2H3. The second-order valence-electron chi connectivity index (χ2n) is 6.96. The molecular weight excluding hydrogens is 446 g/mol. The number of hydrogen-bond donors (Lipinski definition) is 0. The van der Waals surface area contributed by atoms with Crippen molar-refractivity contribution in [2.75, 3.05) is 45.6 Å². The van der Waals surface area contributed by atoms with E-state index in [1.54, 1.807) is 34.1 Å². The zero-order valence-corrected chi connectivity index (χ0v) is 19.2. The number of carbonyl (C=O) groups is 1. The van der Waals surface area contributed by atoms with Gasteiger partial charge in [-0.3, -0.25) is 4.79 Å². The zero-order valence-electron chi connectivity index (χ0n) is 16.8. The van der Waals surface area contributed by atoms with E-state index < -0.39 is 10.0 Å². The third-order valence-electron chi connectivity index (χ3n) is 5.10. The Labute approximate surface area is 184 Å². The number of rotatable bonds is 5. The largest absolute Gasteiger partial charge is 0.486 e. The maximum absolute atomic E-state index is 13.0. The van der Waals surface area contributed by atoms with E-state index in [0.29, 0.717) is 44.2 Å². The molecule has 1 amide bonds. The molecule has 30 heavy (non-hydrogen) atoms. The molecule has 0 spiro atoms.